The van der Waals surface area contributed by atoms with E-state index in [4.69, 9.17) is 9.47 Å². The van der Waals surface area contributed by atoms with E-state index in [1.54, 1.807) is 31.2 Å². The summed E-state index contributed by atoms with van der Waals surface area (Å²) in [5.41, 5.74) is 0.600. The Bertz CT molecular complexity index is 713. The van der Waals surface area contributed by atoms with E-state index >= 15 is 0 Å². The molecule has 1 amide bonds. The van der Waals surface area contributed by atoms with Crippen LogP contribution >= 0.6 is 0 Å². The lowest BCUT2D eigenvalue weighted by Crippen LogP contribution is -2.30. The van der Waals surface area contributed by atoms with Crippen molar-refractivity contribution in [3.63, 3.8) is 0 Å². The minimum atomic E-state index is -0.752. The lowest BCUT2D eigenvalue weighted by atomic mass is 10.2. The molecule has 2 rings (SSSR count). The Morgan fingerprint density at radius 1 is 1.12 bits per heavy atom. The SMILES string of the molecule is CCCOc1ccc(NC(=O)C(C)Oc2ccc([N+](=O)[O-])cc2)cc1. The molecule has 1 unspecified atom stereocenters. The van der Waals surface area contributed by atoms with Crippen molar-refractivity contribution in [3.05, 3.63) is 58.6 Å². The van der Waals surface area contributed by atoms with Gasteiger partial charge in [0, 0.05) is 17.8 Å². The van der Waals surface area contributed by atoms with Crippen molar-refractivity contribution in [1.29, 1.82) is 0 Å². The Morgan fingerprint density at radius 3 is 2.28 bits per heavy atom. The van der Waals surface area contributed by atoms with Gasteiger partial charge in [-0.15, -0.1) is 0 Å². The average Bonchev–Trinajstić information content (AvgIpc) is 2.61. The van der Waals surface area contributed by atoms with Gasteiger partial charge in [0.25, 0.3) is 11.6 Å². The Morgan fingerprint density at radius 2 is 1.72 bits per heavy atom. The summed E-state index contributed by atoms with van der Waals surface area (Å²) >= 11 is 0. The van der Waals surface area contributed by atoms with Gasteiger partial charge in [-0.25, -0.2) is 0 Å². The van der Waals surface area contributed by atoms with Crippen LogP contribution in [0, 0.1) is 10.1 Å². The maximum absolute atomic E-state index is 12.2. The highest BCUT2D eigenvalue weighted by Gasteiger charge is 2.15. The van der Waals surface area contributed by atoms with E-state index in [1.807, 2.05) is 6.92 Å². The summed E-state index contributed by atoms with van der Waals surface area (Å²) in [7, 11) is 0. The Balaban J connectivity index is 1.90. The third kappa shape index (κ3) is 5.49. The van der Waals surface area contributed by atoms with Gasteiger partial charge in [-0.2, -0.15) is 0 Å². The molecule has 0 saturated carbocycles. The molecule has 2 aromatic carbocycles. The molecule has 25 heavy (non-hydrogen) atoms. The maximum atomic E-state index is 12.2. The maximum Gasteiger partial charge on any atom is 0.269 e. The summed E-state index contributed by atoms with van der Waals surface area (Å²) in [6.07, 6.45) is 0.174. The van der Waals surface area contributed by atoms with Gasteiger partial charge < -0.3 is 14.8 Å². The molecule has 2 aromatic rings. The summed E-state index contributed by atoms with van der Waals surface area (Å²) in [5.74, 6) is 0.812. The third-order valence-electron chi connectivity index (χ3n) is 3.32. The number of non-ortho nitro benzene ring substituents is 1. The fraction of sp³-hybridized carbons (Fsp3) is 0.278. The zero-order valence-electron chi connectivity index (χ0n) is 14.1. The van der Waals surface area contributed by atoms with Crippen molar-refractivity contribution >= 4 is 17.3 Å². The van der Waals surface area contributed by atoms with Gasteiger partial charge in [0.15, 0.2) is 6.10 Å². The van der Waals surface area contributed by atoms with E-state index in [0.29, 0.717) is 18.0 Å². The number of benzene rings is 2. The normalized spacial score (nSPS) is 11.4. The third-order valence-corrected chi connectivity index (χ3v) is 3.32. The summed E-state index contributed by atoms with van der Waals surface area (Å²) in [6.45, 7) is 4.28. The predicted octanol–water partition coefficient (Wildman–Crippen LogP) is 3.79. The second-order valence-electron chi connectivity index (χ2n) is 5.37. The second-order valence-corrected chi connectivity index (χ2v) is 5.37. The number of hydrogen-bond acceptors (Lipinski definition) is 5. The number of rotatable bonds is 8. The molecule has 7 nitrogen and oxygen atoms in total. The van der Waals surface area contributed by atoms with Gasteiger partial charge in [-0.3, -0.25) is 14.9 Å². The van der Waals surface area contributed by atoms with Crippen LogP contribution in [0.15, 0.2) is 48.5 Å². The van der Waals surface area contributed by atoms with Crippen molar-refractivity contribution in [2.45, 2.75) is 26.4 Å². The zero-order valence-corrected chi connectivity index (χ0v) is 14.1. The van der Waals surface area contributed by atoms with Crippen molar-refractivity contribution in [2.24, 2.45) is 0 Å². The first-order valence-electron chi connectivity index (χ1n) is 7.94. The molecule has 0 spiro atoms. The topological polar surface area (TPSA) is 90.7 Å². The molecule has 0 aliphatic rings. The molecule has 0 heterocycles. The zero-order chi connectivity index (χ0) is 18.2. The van der Waals surface area contributed by atoms with E-state index in [9.17, 15) is 14.9 Å². The molecule has 0 aliphatic heterocycles. The summed E-state index contributed by atoms with van der Waals surface area (Å²) < 4.78 is 11.0. The van der Waals surface area contributed by atoms with E-state index in [0.717, 1.165) is 12.2 Å². The quantitative estimate of drug-likeness (QED) is 0.581. The molecule has 7 heteroatoms. The Hall–Kier alpha value is -3.09. The summed E-state index contributed by atoms with van der Waals surface area (Å²) in [5, 5.41) is 13.4. The Kier molecular flexibility index (Phi) is 6.33. The highest BCUT2D eigenvalue weighted by Crippen LogP contribution is 2.19. The molecular formula is C18H20N2O5. The van der Waals surface area contributed by atoms with Crippen LogP contribution in [0.25, 0.3) is 0 Å². The fourth-order valence-corrected chi connectivity index (χ4v) is 2.00. The van der Waals surface area contributed by atoms with Gasteiger partial charge in [0.2, 0.25) is 0 Å². The summed E-state index contributed by atoms with van der Waals surface area (Å²) in [4.78, 5) is 22.3. The number of nitrogens with one attached hydrogen (secondary N) is 1. The van der Waals surface area contributed by atoms with Crippen LogP contribution in [0.1, 0.15) is 20.3 Å². The van der Waals surface area contributed by atoms with Gasteiger partial charge in [-0.1, -0.05) is 6.92 Å². The molecule has 0 radical (unpaired) electrons. The van der Waals surface area contributed by atoms with E-state index in [1.165, 1.54) is 24.3 Å². The minimum Gasteiger partial charge on any atom is -0.494 e. The largest absolute Gasteiger partial charge is 0.494 e. The molecule has 1 atom stereocenters. The van der Waals surface area contributed by atoms with Gasteiger partial charge >= 0.3 is 0 Å². The summed E-state index contributed by atoms with van der Waals surface area (Å²) in [6, 6.07) is 12.6. The fourth-order valence-electron chi connectivity index (χ4n) is 2.00. The highest BCUT2D eigenvalue weighted by molar-refractivity contribution is 5.94. The molecule has 0 aliphatic carbocycles. The predicted molar refractivity (Wildman–Crippen MR) is 94.0 cm³/mol. The average molecular weight is 344 g/mol. The number of carbonyl (C=O) groups is 1. The van der Waals surface area contributed by atoms with Crippen LogP contribution in [0.4, 0.5) is 11.4 Å². The van der Waals surface area contributed by atoms with Crippen LogP contribution in [0.2, 0.25) is 0 Å². The number of hydrogen-bond donors (Lipinski definition) is 1. The molecule has 0 saturated heterocycles. The molecule has 0 bridgehead atoms. The van der Waals surface area contributed by atoms with Gasteiger partial charge in [0.1, 0.15) is 11.5 Å². The van der Waals surface area contributed by atoms with Gasteiger partial charge in [0.05, 0.1) is 11.5 Å². The van der Waals surface area contributed by atoms with E-state index in [-0.39, 0.29) is 11.6 Å². The first-order chi connectivity index (χ1) is 12.0. The molecule has 132 valence electrons. The smallest absolute Gasteiger partial charge is 0.269 e. The van der Waals surface area contributed by atoms with Crippen molar-refractivity contribution in [1.82, 2.24) is 0 Å². The molecule has 1 N–H and O–H groups in total. The van der Waals surface area contributed by atoms with Crippen LogP contribution < -0.4 is 14.8 Å². The first kappa shape index (κ1) is 18.3. The van der Waals surface area contributed by atoms with E-state index in [2.05, 4.69) is 5.32 Å². The standard InChI is InChI=1S/C18H20N2O5/c1-3-12-24-16-8-4-14(5-9-16)19-18(21)13(2)25-17-10-6-15(7-11-17)20(22)23/h4-11,13H,3,12H2,1-2H3,(H,19,21). The lowest BCUT2D eigenvalue weighted by molar-refractivity contribution is -0.384. The molecule has 0 fully saturated rings. The minimum absolute atomic E-state index is 0.0326. The number of amides is 1. The van der Waals surface area contributed by atoms with Gasteiger partial charge in [-0.05, 0) is 49.7 Å². The van der Waals surface area contributed by atoms with Crippen LogP contribution in [-0.4, -0.2) is 23.5 Å². The van der Waals surface area contributed by atoms with Crippen molar-refractivity contribution < 1.29 is 19.2 Å². The van der Waals surface area contributed by atoms with Crippen molar-refractivity contribution in [2.75, 3.05) is 11.9 Å². The number of nitro benzene ring substituents is 1. The molecule has 0 aromatic heterocycles. The van der Waals surface area contributed by atoms with Crippen molar-refractivity contribution in [3.8, 4) is 11.5 Å². The number of anilines is 1. The van der Waals surface area contributed by atoms with Crippen LogP contribution in [0.5, 0.6) is 11.5 Å². The highest BCUT2D eigenvalue weighted by atomic mass is 16.6. The first-order valence-corrected chi connectivity index (χ1v) is 7.94. The van der Waals surface area contributed by atoms with E-state index < -0.39 is 11.0 Å². The number of nitrogens with zero attached hydrogens (tertiary/aromatic N) is 1. The number of nitro groups is 1. The second kappa shape index (κ2) is 8.68. The van der Waals surface area contributed by atoms with Crippen LogP contribution in [-0.2, 0) is 4.79 Å². The Labute approximate surface area is 145 Å². The van der Waals surface area contributed by atoms with Crippen LogP contribution in [0.3, 0.4) is 0 Å². The number of carbonyl (C=O) groups excluding carboxylic acids is 1. The molecular weight excluding hydrogens is 324 g/mol. The monoisotopic (exact) mass is 344 g/mol. The lowest BCUT2D eigenvalue weighted by Gasteiger charge is -2.15. The number of ether oxygens (including phenoxy) is 2.